The van der Waals surface area contributed by atoms with Crippen LogP contribution in [0.3, 0.4) is 0 Å². The third-order valence-corrected chi connectivity index (χ3v) is 10.4. The molecular formula is C37H35N2S2+. The van der Waals surface area contributed by atoms with Gasteiger partial charge in [0.15, 0.2) is 0 Å². The first-order chi connectivity index (χ1) is 20.2. The van der Waals surface area contributed by atoms with Gasteiger partial charge in [0.2, 0.25) is 5.52 Å². The molecule has 7 rings (SSSR count). The number of nitrogens with zero attached hydrogens (tertiary/aromatic N) is 2. The molecule has 2 heterocycles. The van der Waals surface area contributed by atoms with Crippen molar-refractivity contribution < 1.29 is 4.57 Å². The number of thiazole rings is 1. The average Bonchev–Trinajstić information content (AvgIpc) is 3.55. The van der Waals surface area contributed by atoms with Crippen LogP contribution in [-0.4, -0.2) is 6.54 Å². The monoisotopic (exact) mass is 571 g/mol. The molecule has 0 radical (unpaired) electrons. The first-order valence-corrected chi connectivity index (χ1v) is 16.5. The molecule has 0 N–H and O–H groups in total. The Labute approximate surface area is 250 Å². The van der Waals surface area contributed by atoms with Gasteiger partial charge in [-0.1, -0.05) is 116 Å². The zero-order valence-electron chi connectivity index (χ0n) is 23.8. The quantitative estimate of drug-likeness (QED) is 0.168. The molecule has 41 heavy (non-hydrogen) atoms. The van der Waals surface area contributed by atoms with E-state index in [1.807, 2.05) is 23.1 Å². The molecule has 6 aromatic rings. The summed E-state index contributed by atoms with van der Waals surface area (Å²) in [4.78, 5) is 3.96. The predicted molar refractivity (Wildman–Crippen MR) is 179 cm³/mol. The van der Waals surface area contributed by atoms with E-state index in [1.54, 1.807) is 0 Å². The average molecular weight is 572 g/mol. The first-order valence-electron chi connectivity index (χ1n) is 14.8. The van der Waals surface area contributed by atoms with Crippen molar-refractivity contribution in [2.24, 2.45) is 0 Å². The minimum atomic E-state index is 0.997. The second-order valence-electron chi connectivity index (χ2n) is 10.9. The summed E-state index contributed by atoms with van der Waals surface area (Å²) in [5.41, 5.74) is 5.57. The molecule has 0 bridgehead atoms. The van der Waals surface area contributed by atoms with Crippen LogP contribution in [-0.2, 0) is 19.4 Å². The Morgan fingerprint density at radius 1 is 0.756 bits per heavy atom. The second kappa shape index (κ2) is 11.3. The van der Waals surface area contributed by atoms with Crippen molar-refractivity contribution in [3.63, 3.8) is 0 Å². The SMILES string of the molecule is CCC[n+]1c(C=C2Sc3ccc4ccccc4c3N2CCCc2ccc(CC)cc2)sc2ccc3ccccc3c21. The Hall–Kier alpha value is -3.60. The summed E-state index contributed by atoms with van der Waals surface area (Å²) in [5.74, 6) is 0. The van der Waals surface area contributed by atoms with Gasteiger partial charge in [-0.2, -0.15) is 4.57 Å². The van der Waals surface area contributed by atoms with E-state index >= 15 is 0 Å². The number of thioether (sulfide) groups is 1. The van der Waals surface area contributed by atoms with Crippen LogP contribution in [0.5, 0.6) is 0 Å². The summed E-state index contributed by atoms with van der Waals surface area (Å²) in [6.45, 7) is 6.52. The number of aromatic nitrogens is 1. The minimum Gasteiger partial charge on any atom is -0.334 e. The van der Waals surface area contributed by atoms with Crippen molar-refractivity contribution in [3.05, 3.63) is 118 Å². The Bertz CT molecular complexity index is 1900. The maximum Gasteiger partial charge on any atom is 0.265 e. The highest BCUT2D eigenvalue weighted by Gasteiger charge is 2.29. The number of benzene rings is 5. The smallest absolute Gasteiger partial charge is 0.265 e. The molecule has 0 aliphatic carbocycles. The summed E-state index contributed by atoms with van der Waals surface area (Å²) in [5, 5.41) is 7.97. The standard InChI is InChI=1S/C37H35N2S2/c1-3-23-38-34(40-32-21-19-28-11-5-7-13-30(28)36(32)38)25-35-39(24-9-10-27-17-15-26(4-2)16-18-27)37-31-14-8-6-12-29(31)20-22-33(37)41-35/h5-8,11-22,25H,3-4,9-10,23-24H2,1-2H3/q+1. The van der Waals surface area contributed by atoms with Gasteiger partial charge in [-0.05, 0) is 59.4 Å². The number of anilines is 1. The van der Waals surface area contributed by atoms with Crippen molar-refractivity contribution in [1.82, 2.24) is 0 Å². The molecule has 1 aromatic heterocycles. The van der Waals surface area contributed by atoms with Crippen molar-refractivity contribution in [1.29, 1.82) is 0 Å². The minimum absolute atomic E-state index is 0.997. The van der Waals surface area contributed by atoms with E-state index < -0.39 is 0 Å². The molecule has 0 unspecified atom stereocenters. The van der Waals surface area contributed by atoms with Crippen molar-refractivity contribution in [2.45, 2.75) is 51.0 Å². The van der Waals surface area contributed by atoms with Gasteiger partial charge in [0.1, 0.15) is 11.2 Å². The van der Waals surface area contributed by atoms with Crippen LogP contribution in [0.4, 0.5) is 5.69 Å². The van der Waals surface area contributed by atoms with Crippen LogP contribution in [0.2, 0.25) is 0 Å². The zero-order valence-corrected chi connectivity index (χ0v) is 25.4. The first kappa shape index (κ1) is 26.3. The van der Waals surface area contributed by atoms with Crippen LogP contribution in [0, 0.1) is 0 Å². The Kier molecular flexibility index (Phi) is 7.28. The lowest BCUT2D eigenvalue weighted by Gasteiger charge is -2.22. The third-order valence-electron chi connectivity index (χ3n) is 8.20. The normalized spacial score (nSPS) is 14.1. The van der Waals surface area contributed by atoms with Gasteiger partial charge < -0.3 is 4.90 Å². The molecule has 5 aromatic carbocycles. The maximum atomic E-state index is 2.60. The molecule has 4 heteroatoms. The van der Waals surface area contributed by atoms with Crippen molar-refractivity contribution in [2.75, 3.05) is 11.4 Å². The molecule has 1 aliphatic rings. The van der Waals surface area contributed by atoms with E-state index in [4.69, 9.17) is 0 Å². The van der Waals surface area contributed by atoms with Crippen LogP contribution in [0.25, 0.3) is 37.8 Å². The molecule has 0 saturated carbocycles. The van der Waals surface area contributed by atoms with Gasteiger partial charge >= 0.3 is 0 Å². The summed E-state index contributed by atoms with van der Waals surface area (Å²) in [6, 6.07) is 36.0. The largest absolute Gasteiger partial charge is 0.334 e. The Morgan fingerprint density at radius 3 is 2.24 bits per heavy atom. The van der Waals surface area contributed by atoms with Crippen LogP contribution < -0.4 is 9.47 Å². The molecule has 1 aliphatic heterocycles. The Balaban J connectivity index is 1.30. The van der Waals surface area contributed by atoms with Gasteiger partial charge in [-0.25, -0.2) is 0 Å². The van der Waals surface area contributed by atoms with Gasteiger partial charge in [0.25, 0.3) is 5.01 Å². The highest BCUT2D eigenvalue weighted by Crippen LogP contribution is 2.50. The van der Waals surface area contributed by atoms with Gasteiger partial charge in [-0.15, -0.1) is 0 Å². The molecule has 0 saturated heterocycles. The van der Waals surface area contributed by atoms with E-state index in [0.717, 1.165) is 38.8 Å². The van der Waals surface area contributed by atoms with Crippen LogP contribution in [0.15, 0.2) is 107 Å². The summed E-state index contributed by atoms with van der Waals surface area (Å²) in [6.07, 6.45) is 6.86. The third kappa shape index (κ3) is 4.94. The molecule has 204 valence electrons. The van der Waals surface area contributed by atoms with E-state index in [9.17, 15) is 0 Å². The van der Waals surface area contributed by atoms with E-state index in [2.05, 4.69) is 126 Å². The molecule has 0 fully saturated rings. The van der Waals surface area contributed by atoms with E-state index in [-0.39, 0.29) is 0 Å². The van der Waals surface area contributed by atoms with Crippen molar-refractivity contribution in [3.8, 4) is 0 Å². The molecule has 0 atom stereocenters. The maximum absolute atomic E-state index is 2.60. The molecule has 0 amide bonds. The Morgan fingerprint density at radius 2 is 1.46 bits per heavy atom. The highest BCUT2D eigenvalue weighted by atomic mass is 32.2. The molecule has 2 nitrogen and oxygen atoms in total. The van der Waals surface area contributed by atoms with E-state index in [0.29, 0.717) is 0 Å². The lowest BCUT2D eigenvalue weighted by Crippen LogP contribution is -2.35. The van der Waals surface area contributed by atoms with Gasteiger partial charge in [0.05, 0.1) is 22.2 Å². The number of hydrogen-bond donors (Lipinski definition) is 0. The van der Waals surface area contributed by atoms with Crippen molar-refractivity contribution >= 4 is 66.6 Å². The number of aryl methyl sites for hydroxylation is 3. The number of rotatable bonds is 8. The fraction of sp³-hybridized carbons (Fsp3) is 0.216. The number of hydrogen-bond acceptors (Lipinski definition) is 3. The van der Waals surface area contributed by atoms with Gasteiger partial charge in [-0.3, -0.25) is 0 Å². The van der Waals surface area contributed by atoms with Gasteiger partial charge in [0, 0.05) is 23.2 Å². The fourth-order valence-corrected chi connectivity index (χ4v) is 8.48. The summed E-state index contributed by atoms with van der Waals surface area (Å²) >= 11 is 3.85. The second-order valence-corrected chi connectivity index (χ2v) is 13.0. The van der Waals surface area contributed by atoms with Crippen LogP contribution in [0.1, 0.15) is 42.8 Å². The molecular weight excluding hydrogens is 537 g/mol. The topological polar surface area (TPSA) is 7.12 Å². The summed E-state index contributed by atoms with van der Waals surface area (Å²) in [7, 11) is 0. The zero-order chi connectivity index (χ0) is 27.8. The van der Waals surface area contributed by atoms with E-state index in [1.165, 1.54) is 63.5 Å². The highest BCUT2D eigenvalue weighted by molar-refractivity contribution is 8.04. The predicted octanol–water partition coefficient (Wildman–Crippen LogP) is 10.0. The molecule has 0 spiro atoms. The number of fused-ring (bicyclic) bond motifs is 6. The lowest BCUT2D eigenvalue weighted by molar-refractivity contribution is -0.668. The summed E-state index contributed by atoms with van der Waals surface area (Å²) < 4.78 is 3.92. The fourth-order valence-electron chi connectivity index (χ4n) is 6.12. The lowest BCUT2D eigenvalue weighted by atomic mass is 10.1. The van der Waals surface area contributed by atoms with Crippen LogP contribution >= 0.6 is 23.1 Å².